The van der Waals surface area contributed by atoms with E-state index in [-0.39, 0.29) is 19.4 Å². The summed E-state index contributed by atoms with van der Waals surface area (Å²) in [5, 5.41) is 14.7. The quantitative estimate of drug-likeness (QED) is 0.0788. The molecule has 0 aliphatic carbocycles. The molecule has 1 fully saturated rings. The number of benzene rings is 4. The van der Waals surface area contributed by atoms with E-state index in [2.05, 4.69) is 11.9 Å². The second-order valence-corrected chi connectivity index (χ2v) is 13.8. The van der Waals surface area contributed by atoms with E-state index in [9.17, 15) is 11.3 Å². The van der Waals surface area contributed by atoms with Gasteiger partial charge in [0.1, 0.15) is 35.7 Å². The minimum absolute atomic E-state index is 0.134. The second-order valence-electron chi connectivity index (χ2n) is 13.8. The topological polar surface area (TPSA) is 105 Å². The van der Waals surface area contributed by atoms with Crippen LogP contribution in [-0.2, 0) is 54.8 Å². The zero-order chi connectivity index (χ0) is 41.0. The molecule has 5 unspecified atom stereocenters. The van der Waals surface area contributed by atoms with Crippen LogP contribution in [0.1, 0.15) is 61.3 Å². The molecule has 0 bridgehead atoms. The molecule has 9 nitrogen and oxygen atoms in total. The molecule has 1 saturated heterocycles. The van der Waals surface area contributed by atoms with Crippen LogP contribution < -0.4 is 5.32 Å². The van der Waals surface area contributed by atoms with Crippen molar-refractivity contribution in [3.05, 3.63) is 156 Å². The number of hydrogen-bond donors (Lipinski definition) is 2. The molecule has 0 spiro atoms. The van der Waals surface area contributed by atoms with Gasteiger partial charge in [0.05, 0.1) is 44.5 Å². The summed E-state index contributed by atoms with van der Waals surface area (Å²) in [4.78, 5) is 13.1. The Morgan fingerprint density at radius 1 is 0.717 bits per heavy atom. The van der Waals surface area contributed by atoms with Crippen LogP contribution in [0.5, 0.6) is 0 Å². The molecular weight excluding hydrogens is 670 g/mol. The number of alkyl carbamates (subject to hydrolysis) is 1. The van der Waals surface area contributed by atoms with Crippen LogP contribution >= 0.6 is 0 Å². The average molecular weight is 728 g/mol. The fraction of sp³-hybridized carbons (Fsp3) is 0.386. The maximum atomic E-state index is 13.1. The minimum atomic E-state index is -2.01. The molecule has 2 N–H and O–H groups in total. The van der Waals surface area contributed by atoms with Gasteiger partial charge in [0, 0.05) is 12.8 Å². The summed E-state index contributed by atoms with van der Waals surface area (Å²) in [7, 11) is 0. The third-order valence-electron chi connectivity index (χ3n) is 8.25. The number of ether oxygens (including phenoxy) is 6. The van der Waals surface area contributed by atoms with E-state index in [1.807, 2.05) is 24.3 Å². The molecule has 0 saturated carbocycles. The van der Waals surface area contributed by atoms with Crippen molar-refractivity contribution in [1.82, 2.24) is 5.32 Å². The molecule has 4 aromatic rings. The summed E-state index contributed by atoms with van der Waals surface area (Å²) < 4.78 is 74.3. The van der Waals surface area contributed by atoms with Crippen molar-refractivity contribution < 1.29 is 43.8 Å². The Kier molecular flexibility index (Phi) is 12.8. The van der Waals surface area contributed by atoms with Gasteiger partial charge < -0.3 is 33.5 Å². The number of nitrogens with one attached hydrogen (secondary N) is 1. The predicted molar refractivity (Wildman–Crippen MR) is 204 cm³/mol. The minimum Gasteiger partial charge on any atom is -0.444 e. The third kappa shape index (κ3) is 12.9. The van der Waals surface area contributed by atoms with E-state index in [0.717, 1.165) is 0 Å². The van der Waals surface area contributed by atoms with Gasteiger partial charge in [0.15, 0.2) is 0 Å². The highest BCUT2D eigenvalue weighted by Gasteiger charge is 2.50. The molecule has 53 heavy (non-hydrogen) atoms. The van der Waals surface area contributed by atoms with Gasteiger partial charge in [0.25, 0.3) is 0 Å². The van der Waals surface area contributed by atoms with Crippen molar-refractivity contribution >= 4 is 6.09 Å². The number of carbonyl (C=O) groups excluding carboxylic acids is 1. The van der Waals surface area contributed by atoms with Gasteiger partial charge in [-0.25, -0.2) is 4.79 Å². The van der Waals surface area contributed by atoms with Crippen LogP contribution in [0.3, 0.4) is 0 Å². The summed E-state index contributed by atoms with van der Waals surface area (Å²) >= 11 is 0. The highest BCUT2D eigenvalue weighted by atomic mass is 16.6. The molecular formula is C44H53NO8. The fourth-order valence-corrected chi connectivity index (χ4v) is 5.86. The van der Waals surface area contributed by atoms with E-state index in [1.54, 1.807) is 118 Å². The summed E-state index contributed by atoms with van der Waals surface area (Å²) in [6, 6.07) is 35.6. The molecule has 4 aromatic carbocycles. The summed E-state index contributed by atoms with van der Waals surface area (Å²) in [6.45, 7) is 3.67. The standard InChI is InChI=1S/C44H53NO8/c1-5-26-44(47,45-42(46)53-43(2,3)4)27-37-39(49-29-34-20-12-7-13-21-34)41(51-31-36-24-16-9-17-25-36)40(50-30-35-22-14-8-15-23-35)38(52-37)32-48-28-33-18-10-6-11-19-33/h5-25,37-41,47H,1,26-32H2,2-4H3,(H,45,46)/t37?,38-,39+,40+,41-,44+/m1/s1/i28D,29D,30D,31D/t28?,29?,30?,31?,37?,38-,39+,40+,41-,44+. The van der Waals surface area contributed by atoms with Gasteiger partial charge >= 0.3 is 6.09 Å². The second kappa shape index (κ2) is 19.6. The first-order valence-electron chi connectivity index (χ1n) is 20.0. The lowest BCUT2D eigenvalue weighted by atomic mass is 9.88. The SMILES string of the molecule is [2H]C(OC[C@H]1OC(C[C@@](O)(CC=C)NC(=O)OC(C)(C)C)[C@H](OC([2H])c2ccccc2)[C@@H](OC([2H])c2ccccc2)[C@H]1OC([2H])c1ccccc1)c1ccccc1. The van der Waals surface area contributed by atoms with Crippen LogP contribution in [0.4, 0.5) is 4.79 Å². The fourth-order valence-electron chi connectivity index (χ4n) is 5.86. The molecule has 0 radical (unpaired) electrons. The lowest BCUT2D eigenvalue weighted by Gasteiger charge is -2.48. The van der Waals surface area contributed by atoms with Crippen LogP contribution in [0, 0.1) is 0 Å². The first-order valence-corrected chi connectivity index (χ1v) is 17.7. The van der Waals surface area contributed by atoms with Crippen molar-refractivity contribution in [3.8, 4) is 0 Å². The van der Waals surface area contributed by atoms with Crippen LogP contribution in [-0.4, -0.2) is 59.7 Å². The first kappa shape index (κ1) is 34.4. The van der Waals surface area contributed by atoms with Gasteiger partial charge in [-0.2, -0.15) is 0 Å². The molecule has 1 aliphatic rings. The zero-order valence-corrected chi connectivity index (χ0v) is 30.5. The molecule has 1 amide bonds. The molecule has 0 aromatic heterocycles. The average Bonchev–Trinajstić information content (AvgIpc) is 3.19. The maximum Gasteiger partial charge on any atom is 0.409 e. The van der Waals surface area contributed by atoms with Crippen molar-refractivity contribution in [2.75, 3.05) is 6.61 Å². The van der Waals surface area contributed by atoms with Crippen molar-refractivity contribution in [3.63, 3.8) is 0 Å². The van der Waals surface area contributed by atoms with E-state index in [1.165, 1.54) is 6.08 Å². The molecule has 282 valence electrons. The van der Waals surface area contributed by atoms with Crippen molar-refractivity contribution in [1.29, 1.82) is 0 Å². The van der Waals surface area contributed by atoms with E-state index >= 15 is 0 Å². The predicted octanol–water partition coefficient (Wildman–Crippen LogP) is 7.91. The summed E-state index contributed by atoms with van der Waals surface area (Å²) in [5.41, 5.74) is -0.715. The molecule has 1 heterocycles. The number of hydrogen-bond acceptors (Lipinski definition) is 8. The van der Waals surface area contributed by atoms with Crippen molar-refractivity contribution in [2.24, 2.45) is 0 Å². The Labute approximate surface area is 319 Å². The van der Waals surface area contributed by atoms with Gasteiger partial charge in [0.2, 0.25) is 0 Å². The summed E-state index contributed by atoms with van der Waals surface area (Å²) in [5.74, 6) is 0. The van der Waals surface area contributed by atoms with E-state index < -0.39 is 74.3 Å². The smallest absolute Gasteiger partial charge is 0.409 e. The number of carbonyl (C=O) groups is 1. The monoisotopic (exact) mass is 727 g/mol. The highest BCUT2D eigenvalue weighted by Crippen LogP contribution is 2.35. The molecule has 1 aliphatic heterocycles. The van der Waals surface area contributed by atoms with Crippen molar-refractivity contribution in [2.45, 2.75) is 102 Å². The third-order valence-corrected chi connectivity index (χ3v) is 8.25. The normalized spacial score (nSPS) is 24.8. The van der Waals surface area contributed by atoms with Gasteiger partial charge in [-0.3, -0.25) is 5.32 Å². The lowest BCUT2D eigenvalue weighted by molar-refractivity contribution is -0.280. The van der Waals surface area contributed by atoms with E-state index in [0.29, 0.717) is 22.3 Å². The number of aliphatic hydroxyl groups is 1. The summed E-state index contributed by atoms with van der Waals surface area (Å²) in [6.07, 6.45) is -5.79. The van der Waals surface area contributed by atoms with Gasteiger partial charge in [-0.15, -0.1) is 6.58 Å². The Hall–Kier alpha value is -4.35. The number of rotatable bonds is 18. The van der Waals surface area contributed by atoms with E-state index in [4.69, 9.17) is 32.5 Å². The molecule has 10 atom stereocenters. The van der Waals surface area contributed by atoms with Crippen LogP contribution in [0.15, 0.2) is 134 Å². The van der Waals surface area contributed by atoms with Gasteiger partial charge in [-0.05, 0) is 43.0 Å². The van der Waals surface area contributed by atoms with Crippen LogP contribution in [0.25, 0.3) is 0 Å². The largest absolute Gasteiger partial charge is 0.444 e. The maximum absolute atomic E-state index is 13.1. The van der Waals surface area contributed by atoms with Gasteiger partial charge in [-0.1, -0.05) is 127 Å². The Balaban J connectivity index is 1.60. The Morgan fingerprint density at radius 2 is 1.13 bits per heavy atom. The zero-order valence-electron chi connectivity index (χ0n) is 34.5. The highest BCUT2D eigenvalue weighted by molar-refractivity contribution is 5.68. The molecule has 5 rings (SSSR count). The molecule has 9 heteroatoms. The lowest BCUT2D eigenvalue weighted by Crippen LogP contribution is -2.63. The Morgan fingerprint density at radius 3 is 1.57 bits per heavy atom. The first-order chi connectivity index (χ1) is 27.2. The Bertz CT molecular complexity index is 1810. The number of amides is 1. The van der Waals surface area contributed by atoms with Crippen LogP contribution in [0.2, 0.25) is 0 Å².